The topological polar surface area (TPSA) is 98.2 Å². The molecule has 5 N–H and O–H groups in total. The zero-order chi connectivity index (χ0) is 15.5. The van der Waals surface area contributed by atoms with Crippen molar-refractivity contribution in [2.75, 3.05) is 11.9 Å². The van der Waals surface area contributed by atoms with E-state index in [4.69, 9.17) is 11.5 Å². The Bertz CT molecular complexity index is 539. The average molecular weight is 281 g/mol. The number of hydrogen-bond donors (Lipinski definition) is 3. The molecule has 0 aliphatic carbocycles. The molecule has 0 aliphatic rings. The molecule has 110 valence electrons. The van der Waals surface area contributed by atoms with Crippen molar-refractivity contribution in [3.63, 3.8) is 0 Å². The van der Waals surface area contributed by atoms with Gasteiger partial charge >= 0.3 is 0 Å². The molecule has 5 nitrogen and oxygen atoms in total. The van der Waals surface area contributed by atoms with Gasteiger partial charge in [0.25, 0.3) is 0 Å². The molecule has 0 aliphatic heterocycles. The summed E-state index contributed by atoms with van der Waals surface area (Å²) in [4.78, 5) is 23.3. The summed E-state index contributed by atoms with van der Waals surface area (Å²) < 4.78 is 13.7. The van der Waals surface area contributed by atoms with E-state index in [-0.39, 0.29) is 29.3 Å². The minimum Gasteiger partial charge on any atom is -0.366 e. The molecule has 1 rings (SSSR count). The van der Waals surface area contributed by atoms with Crippen LogP contribution in [0.3, 0.4) is 0 Å². The van der Waals surface area contributed by atoms with Crippen LogP contribution in [-0.4, -0.2) is 18.4 Å². The van der Waals surface area contributed by atoms with Gasteiger partial charge in [0, 0.05) is 23.4 Å². The van der Waals surface area contributed by atoms with Crippen LogP contribution in [0.1, 0.15) is 36.2 Å². The lowest BCUT2D eigenvalue weighted by atomic mass is 9.86. The molecule has 1 atom stereocenters. The Morgan fingerprint density at radius 2 is 2.00 bits per heavy atom. The number of benzene rings is 1. The number of nitrogens with two attached hydrogens (primary N) is 2. The van der Waals surface area contributed by atoms with E-state index in [2.05, 4.69) is 5.32 Å². The number of anilines is 1. The summed E-state index contributed by atoms with van der Waals surface area (Å²) in [7, 11) is 0. The van der Waals surface area contributed by atoms with Crippen molar-refractivity contribution >= 4 is 17.5 Å². The molecule has 1 unspecified atom stereocenters. The maximum absolute atomic E-state index is 13.7. The molecule has 1 aromatic carbocycles. The highest BCUT2D eigenvalue weighted by Crippen LogP contribution is 2.25. The lowest BCUT2D eigenvalue weighted by Crippen LogP contribution is -2.39. The largest absolute Gasteiger partial charge is 0.366 e. The SMILES string of the molecule is CCC(C)(CN)C(=O)Nc1cc(C(N)=O)cc(F)c1C. The molecule has 2 amide bonds. The van der Waals surface area contributed by atoms with Crippen LogP contribution < -0.4 is 16.8 Å². The third-order valence-corrected chi connectivity index (χ3v) is 3.66. The normalized spacial score (nSPS) is 13.7. The van der Waals surface area contributed by atoms with Crippen LogP contribution in [0.5, 0.6) is 0 Å². The summed E-state index contributed by atoms with van der Waals surface area (Å²) in [6, 6.07) is 2.42. The van der Waals surface area contributed by atoms with E-state index in [1.165, 1.54) is 13.0 Å². The molecule has 0 aromatic heterocycles. The number of primary amides is 1. The Labute approximate surface area is 117 Å². The predicted molar refractivity (Wildman–Crippen MR) is 75.7 cm³/mol. The van der Waals surface area contributed by atoms with Gasteiger partial charge in [0.05, 0.1) is 5.41 Å². The van der Waals surface area contributed by atoms with Crippen LogP contribution >= 0.6 is 0 Å². The fourth-order valence-corrected chi connectivity index (χ4v) is 1.62. The van der Waals surface area contributed by atoms with Gasteiger partial charge in [-0.2, -0.15) is 0 Å². The van der Waals surface area contributed by atoms with Crippen LogP contribution in [0.15, 0.2) is 12.1 Å². The number of carbonyl (C=O) groups is 2. The highest BCUT2D eigenvalue weighted by atomic mass is 19.1. The fraction of sp³-hybridized carbons (Fsp3) is 0.429. The number of rotatable bonds is 5. The monoisotopic (exact) mass is 281 g/mol. The number of hydrogen-bond acceptors (Lipinski definition) is 3. The van der Waals surface area contributed by atoms with Crippen molar-refractivity contribution in [1.82, 2.24) is 0 Å². The lowest BCUT2D eigenvalue weighted by molar-refractivity contribution is -0.124. The van der Waals surface area contributed by atoms with Gasteiger partial charge in [-0.3, -0.25) is 9.59 Å². The molecule has 0 fully saturated rings. The van der Waals surface area contributed by atoms with Crippen molar-refractivity contribution in [2.24, 2.45) is 16.9 Å². The lowest BCUT2D eigenvalue weighted by Gasteiger charge is -2.25. The van der Waals surface area contributed by atoms with Gasteiger partial charge < -0.3 is 16.8 Å². The van der Waals surface area contributed by atoms with Gasteiger partial charge in [0.1, 0.15) is 5.82 Å². The van der Waals surface area contributed by atoms with Gasteiger partial charge in [-0.05, 0) is 32.4 Å². The minimum atomic E-state index is -0.753. The Balaban J connectivity index is 3.15. The van der Waals surface area contributed by atoms with E-state index in [0.717, 1.165) is 6.07 Å². The second-order valence-corrected chi connectivity index (χ2v) is 5.07. The van der Waals surface area contributed by atoms with Crippen molar-refractivity contribution in [2.45, 2.75) is 27.2 Å². The summed E-state index contributed by atoms with van der Waals surface area (Å²) in [6.45, 7) is 5.26. The van der Waals surface area contributed by atoms with Gasteiger partial charge in [0.15, 0.2) is 0 Å². The summed E-state index contributed by atoms with van der Waals surface area (Å²) in [5.41, 5.74) is 10.5. The van der Waals surface area contributed by atoms with E-state index >= 15 is 0 Å². The molecule has 0 saturated heterocycles. The number of amides is 2. The van der Waals surface area contributed by atoms with Crippen molar-refractivity contribution < 1.29 is 14.0 Å². The predicted octanol–water partition coefficient (Wildman–Crippen LogP) is 1.55. The first-order valence-corrected chi connectivity index (χ1v) is 6.36. The molecule has 20 heavy (non-hydrogen) atoms. The van der Waals surface area contributed by atoms with Gasteiger partial charge in [-0.1, -0.05) is 6.92 Å². The maximum Gasteiger partial charge on any atom is 0.248 e. The molecule has 0 spiro atoms. The van der Waals surface area contributed by atoms with Gasteiger partial charge in [-0.25, -0.2) is 4.39 Å². The first-order valence-electron chi connectivity index (χ1n) is 6.36. The van der Waals surface area contributed by atoms with Crippen LogP contribution in [0, 0.1) is 18.2 Å². The van der Waals surface area contributed by atoms with Crippen molar-refractivity contribution in [1.29, 1.82) is 0 Å². The van der Waals surface area contributed by atoms with Crippen LogP contribution in [0.25, 0.3) is 0 Å². The fourth-order valence-electron chi connectivity index (χ4n) is 1.62. The Morgan fingerprint density at radius 1 is 1.40 bits per heavy atom. The zero-order valence-electron chi connectivity index (χ0n) is 11.9. The quantitative estimate of drug-likeness (QED) is 0.763. The van der Waals surface area contributed by atoms with E-state index in [1.807, 2.05) is 6.92 Å². The second-order valence-electron chi connectivity index (χ2n) is 5.07. The van der Waals surface area contributed by atoms with Crippen molar-refractivity contribution in [3.05, 3.63) is 29.1 Å². The summed E-state index contributed by atoms with van der Waals surface area (Å²) >= 11 is 0. The maximum atomic E-state index is 13.7. The smallest absolute Gasteiger partial charge is 0.248 e. The summed E-state index contributed by atoms with van der Waals surface area (Å²) in [6.07, 6.45) is 0.548. The molecule has 0 saturated carbocycles. The molecule has 6 heteroatoms. The molecular formula is C14H20FN3O2. The second kappa shape index (κ2) is 6.00. The third kappa shape index (κ3) is 3.14. The van der Waals surface area contributed by atoms with E-state index in [0.29, 0.717) is 6.42 Å². The zero-order valence-corrected chi connectivity index (χ0v) is 11.9. The molecule has 1 aromatic rings. The third-order valence-electron chi connectivity index (χ3n) is 3.66. The molecule has 0 heterocycles. The standard InChI is InChI=1S/C14H20FN3O2/c1-4-14(3,7-16)13(20)18-11-6-9(12(17)19)5-10(15)8(11)2/h5-6H,4,7,16H2,1-3H3,(H2,17,19)(H,18,20). The number of carbonyl (C=O) groups excluding carboxylic acids is 2. The summed E-state index contributed by atoms with van der Waals surface area (Å²) in [5.74, 6) is -1.66. The minimum absolute atomic E-state index is 0.00866. The Morgan fingerprint density at radius 3 is 2.45 bits per heavy atom. The Kier molecular flexibility index (Phi) is 4.83. The highest BCUT2D eigenvalue weighted by molar-refractivity contribution is 5.98. The van der Waals surface area contributed by atoms with E-state index in [1.54, 1.807) is 6.92 Å². The molecule has 0 radical (unpaired) electrons. The highest BCUT2D eigenvalue weighted by Gasteiger charge is 2.30. The van der Waals surface area contributed by atoms with Crippen LogP contribution in [0.2, 0.25) is 0 Å². The first-order chi connectivity index (χ1) is 9.25. The number of nitrogens with one attached hydrogen (secondary N) is 1. The summed E-state index contributed by atoms with van der Waals surface area (Å²) in [5, 5.41) is 2.62. The van der Waals surface area contributed by atoms with Gasteiger partial charge in [0.2, 0.25) is 11.8 Å². The Hall–Kier alpha value is -1.95. The van der Waals surface area contributed by atoms with E-state index < -0.39 is 17.1 Å². The number of halogens is 1. The molecular weight excluding hydrogens is 261 g/mol. The first kappa shape index (κ1) is 16.1. The average Bonchev–Trinajstić information content (AvgIpc) is 2.42. The molecule has 0 bridgehead atoms. The van der Waals surface area contributed by atoms with E-state index in [9.17, 15) is 14.0 Å². The van der Waals surface area contributed by atoms with Crippen LogP contribution in [-0.2, 0) is 4.79 Å². The van der Waals surface area contributed by atoms with Gasteiger partial charge in [-0.15, -0.1) is 0 Å². The van der Waals surface area contributed by atoms with Crippen LogP contribution in [0.4, 0.5) is 10.1 Å². The van der Waals surface area contributed by atoms with Crippen molar-refractivity contribution in [3.8, 4) is 0 Å².